The Labute approximate surface area is 82.1 Å². The van der Waals surface area contributed by atoms with Crippen molar-refractivity contribution in [3.8, 4) is 0 Å². The molecule has 1 aromatic carbocycles. The van der Waals surface area contributed by atoms with Gasteiger partial charge in [0.15, 0.2) is 0 Å². The molecule has 0 bridgehead atoms. The molecule has 1 unspecified atom stereocenters. The molecule has 72 valence electrons. The predicted octanol–water partition coefficient (Wildman–Crippen LogP) is 1.90. The van der Waals surface area contributed by atoms with E-state index in [2.05, 4.69) is 9.98 Å². The van der Waals surface area contributed by atoms with Crippen molar-refractivity contribution in [1.82, 2.24) is 4.98 Å². The second kappa shape index (κ2) is 3.64. The number of hydrogen-bond acceptors (Lipinski definition) is 2. The fraction of sp³-hybridized carbons (Fsp3) is 0.182. The molecule has 1 heterocycles. The first kappa shape index (κ1) is 8.97. The molecule has 0 saturated heterocycles. The van der Waals surface area contributed by atoms with Crippen molar-refractivity contribution < 1.29 is 5.11 Å². The highest BCUT2D eigenvalue weighted by molar-refractivity contribution is 5.86. The Morgan fingerprint density at radius 1 is 1.43 bits per heavy atom. The maximum Gasteiger partial charge on any atom is 0.116 e. The van der Waals surface area contributed by atoms with Crippen molar-refractivity contribution in [2.24, 2.45) is 4.99 Å². The Morgan fingerprint density at radius 3 is 3.00 bits per heavy atom. The molecule has 2 aromatic rings. The third kappa shape index (κ3) is 1.42. The van der Waals surface area contributed by atoms with Crippen LogP contribution in [0.2, 0.25) is 0 Å². The van der Waals surface area contributed by atoms with E-state index in [0.29, 0.717) is 0 Å². The average molecular weight is 188 g/mol. The van der Waals surface area contributed by atoms with Crippen LogP contribution in [-0.2, 0) is 0 Å². The second-order valence-corrected chi connectivity index (χ2v) is 3.14. The molecule has 14 heavy (non-hydrogen) atoms. The number of para-hydroxylation sites is 1. The monoisotopic (exact) mass is 188 g/mol. The molecule has 3 heteroatoms. The third-order valence-corrected chi connectivity index (χ3v) is 2.23. The number of nitrogens with one attached hydrogen (secondary N) is 1. The number of aliphatic hydroxyl groups is 1. The number of aromatic nitrogens is 1. The molecule has 3 nitrogen and oxygen atoms in total. The van der Waals surface area contributed by atoms with E-state index >= 15 is 0 Å². The number of nitrogens with zero attached hydrogens (tertiary/aromatic N) is 1. The summed E-state index contributed by atoms with van der Waals surface area (Å²) in [5.41, 5.74) is 1.90. The zero-order chi connectivity index (χ0) is 9.97. The lowest BCUT2D eigenvalue weighted by Crippen LogP contribution is -1.96. The summed E-state index contributed by atoms with van der Waals surface area (Å²) in [6.07, 6.45) is 2.71. The molecule has 1 atom stereocenters. The SMILES string of the molecule is C/N=C\C(O)c1c[nH]c2ccccc12. The highest BCUT2D eigenvalue weighted by Crippen LogP contribution is 2.22. The predicted molar refractivity (Wildman–Crippen MR) is 57.7 cm³/mol. The third-order valence-electron chi connectivity index (χ3n) is 2.23. The van der Waals surface area contributed by atoms with Gasteiger partial charge in [-0.25, -0.2) is 0 Å². The molecule has 2 rings (SSSR count). The zero-order valence-electron chi connectivity index (χ0n) is 7.94. The van der Waals surface area contributed by atoms with Crippen LogP contribution in [0.4, 0.5) is 0 Å². The molecule has 0 radical (unpaired) electrons. The van der Waals surface area contributed by atoms with Crippen molar-refractivity contribution >= 4 is 17.1 Å². The summed E-state index contributed by atoms with van der Waals surface area (Å²) in [4.78, 5) is 6.92. The summed E-state index contributed by atoms with van der Waals surface area (Å²) < 4.78 is 0. The topological polar surface area (TPSA) is 48.4 Å². The second-order valence-electron chi connectivity index (χ2n) is 3.14. The number of rotatable bonds is 2. The van der Waals surface area contributed by atoms with E-state index in [4.69, 9.17) is 0 Å². The van der Waals surface area contributed by atoms with Gasteiger partial charge < -0.3 is 10.1 Å². The van der Waals surface area contributed by atoms with E-state index in [1.807, 2.05) is 30.5 Å². The van der Waals surface area contributed by atoms with E-state index in [0.717, 1.165) is 16.5 Å². The molecular weight excluding hydrogens is 176 g/mol. The highest BCUT2D eigenvalue weighted by atomic mass is 16.3. The molecule has 0 saturated carbocycles. The number of aliphatic imine (C=N–C) groups is 1. The standard InChI is InChI=1S/C11H12N2O/c1-12-7-11(14)9-6-13-10-5-3-2-4-8(9)10/h2-7,11,13-14H,1H3/b12-7-. The minimum atomic E-state index is -0.629. The Bertz CT molecular complexity index is 459. The lowest BCUT2D eigenvalue weighted by atomic mass is 10.1. The smallest absolute Gasteiger partial charge is 0.116 e. The van der Waals surface area contributed by atoms with Gasteiger partial charge in [-0.05, 0) is 6.07 Å². The van der Waals surface area contributed by atoms with Crippen LogP contribution in [0.25, 0.3) is 10.9 Å². The average Bonchev–Trinajstić information content (AvgIpc) is 2.61. The zero-order valence-corrected chi connectivity index (χ0v) is 7.94. The van der Waals surface area contributed by atoms with Crippen LogP contribution >= 0.6 is 0 Å². The first-order chi connectivity index (χ1) is 6.83. The van der Waals surface area contributed by atoms with Crippen LogP contribution in [-0.4, -0.2) is 23.4 Å². The molecule has 2 N–H and O–H groups in total. The highest BCUT2D eigenvalue weighted by Gasteiger charge is 2.09. The summed E-state index contributed by atoms with van der Waals surface area (Å²) in [6.45, 7) is 0. The van der Waals surface area contributed by atoms with Crippen LogP contribution < -0.4 is 0 Å². The van der Waals surface area contributed by atoms with E-state index in [1.165, 1.54) is 6.21 Å². The molecule has 0 fully saturated rings. The van der Waals surface area contributed by atoms with Gasteiger partial charge in [-0.3, -0.25) is 4.99 Å². The maximum atomic E-state index is 9.74. The van der Waals surface area contributed by atoms with Gasteiger partial charge in [-0.15, -0.1) is 0 Å². The van der Waals surface area contributed by atoms with E-state index in [-0.39, 0.29) is 0 Å². The van der Waals surface area contributed by atoms with Gasteiger partial charge in [0.2, 0.25) is 0 Å². The molecule has 1 aromatic heterocycles. The minimum Gasteiger partial charge on any atom is -0.383 e. The van der Waals surface area contributed by atoms with Gasteiger partial charge in [0, 0.05) is 35.9 Å². The lowest BCUT2D eigenvalue weighted by Gasteiger charge is -2.01. The Balaban J connectivity index is 2.52. The molecular formula is C11H12N2O. The number of H-pyrrole nitrogens is 1. The molecule has 0 aliphatic rings. The van der Waals surface area contributed by atoms with Crippen molar-refractivity contribution in [2.45, 2.75) is 6.10 Å². The maximum absolute atomic E-state index is 9.74. The van der Waals surface area contributed by atoms with E-state index in [9.17, 15) is 5.11 Å². The van der Waals surface area contributed by atoms with E-state index < -0.39 is 6.10 Å². The summed E-state index contributed by atoms with van der Waals surface area (Å²) in [6, 6.07) is 7.88. The summed E-state index contributed by atoms with van der Waals surface area (Å²) in [5.74, 6) is 0. The molecule has 0 spiro atoms. The van der Waals surface area contributed by atoms with Crippen molar-refractivity contribution in [3.63, 3.8) is 0 Å². The molecule has 0 amide bonds. The fourth-order valence-corrected chi connectivity index (χ4v) is 1.56. The van der Waals surface area contributed by atoms with Gasteiger partial charge in [0.05, 0.1) is 0 Å². The summed E-state index contributed by atoms with van der Waals surface area (Å²) in [7, 11) is 1.65. The van der Waals surface area contributed by atoms with Gasteiger partial charge in [-0.1, -0.05) is 18.2 Å². The van der Waals surface area contributed by atoms with Gasteiger partial charge in [0.25, 0.3) is 0 Å². The van der Waals surface area contributed by atoms with Crippen LogP contribution in [0.1, 0.15) is 11.7 Å². The quantitative estimate of drug-likeness (QED) is 0.695. The summed E-state index contributed by atoms with van der Waals surface area (Å²) in [5, 5.41) is 10.8. The first-order valence-corrected chi connectivity index (χ1v) is 4.49. The Kier molecular flexibility index (Phi) is 2.33. The number of aromatic amines is 1. The number of benzene rings is 1. The number of fused-ring (bicyclic) bond motifs is 1. The van der Waals surface area contributed by atoms with Crippen LogP contribution in [0.3, 0.4) is 0 Å². The Morgan fingerprint density at radius 2 is 2.21 bits per heavy atom. The van der Waals surface area contributed by atoms with Crippen LogP contribution in [0.5, 0.6) is 0 Å². The van der Waals surface area contributed by atoms with Crippen molar-refractivity contribution in [3.05, 3.63) is 36.0 Å². The van der Waals surface area contributed by atoms with Gasteiger partial charge in [-0.2, -0.15) is 0 Å². The van der Waals surface area contributed by atoms with Crippen LogP contribution in [0, 0.1) is 0 Å². The Hall–Kier alpha value is -1.61. The van der Waals surface area contributed by atoms with Gasteiger partial charge in [0.1, 0.15) is 6.10 Å². The number of hydrogen-bond donors (Lipinski definition) is 2. The van der Waals surface area contributed by atoms with Gasteiger partial charge >= 0.3 is 0 Å². The fourth-order valence-electron chi connectivity index (χ4n) is 1.56. The molecule has 0 aliphatic heterocycles. The summed E-state index contributed by atoms with van der Waals surface area (Å²) >= 11 is 0. The van der Waals surface area contributed by atoms with Crippen molar-refractivity contribution in [2.75, 3.05) is 7.05 Å². The molecule has 0 aliphatic carbocycles. The number of aliphatic hydroxyl groups excluding tert-OH is 1. The normalized spacial score (nSPS) is 13.9. The van der Waals surface area contributed by atoms with Crippen LogP contribution in [0.15, 0.2) is 35.5 Å². The van der Waals surface area contributed by atoms with Crippen molar-refractivity contribution in [1.29, 1.82) is 0 Å². The first-order valence-electron chi connectivity index (χ1n) is 4.49. The van der Waals surface area contributed by atoms with E-state index in [1.54, 1.807) is 7.05 Å². The largest absolute Gasteiger partial charge is 0.383 e. The lowest BCUT2D eigenvalue weighted by molar-refractivity contribution is 0.254. The minimum absolute atomic E-state index is 0.629.